The monoisotopic (exact) mass is 1850 g/mol. The number of ether oxygens (including phenoxy) is 3. The largest absolute Gasteiger partial charge is 0.481 e. The third-order valence-electron chi connectivity index (χ3n) is 29.6. The minimum Gasteiger partial charge on any atom is -0.481 e. The number of carbonyl (C=O) groups excluding carboxylic acids is 5. The zero-order chi connectivity index (χ0) is 86.1. The molecule has 22 atom stereocenters. The maximum absolute atomic E-state index is 11.6. The van der Waals surface area contributed by atoms with Gasteiger partial charge in [0.15, 0.2) is 0 Å². The first kappa shape index (κ1) is 107. The standard InChI is InChI=1S/C12H19NO4.C12H21NO2.C11H16O2.C10H17NO2.C10H15NO.C8H16O6S2.C7H10O.C6H10Br2.C6H12O2.CH4.B7.ClH/c1-2-17-11(14)7-12(8-13(15)16)5-9-3-4-10(9)6-12;1-2-15-11(14)7-12(8-13)5-9-3-4-10(9)6-12;1-2-13-11(12)7-8-5-9-3-4-10(9)6-8;11-6-10(5-9(12)13)3-7-1-2-8(7)4-10;12-9-5-10(6-11-9)3-7-1-2-8(7)4-10;1-15(9,10)13-5-7-3-4-8(7)6-14-16(2,11)12;8-7-3-5-1-2-6(5)4-7;2*7-3-5-1-2-6(5)4-8;;1-5-7(4)6(2)3;/h9-10H,2-8H2,1H3;9-10H,2-8,13H2,1H3;7,9-10H,2-6H2,1H3;7-8H,1-6,11H2,(H,12,13);7-8H,1-6H2,(H,11,12);7-8H,3-6H2,1-2H3;2*5-6H,1-4H2;5-8H,1-4H2;1H4;;1H/t2*9-,10+,12?;9-,10+;2*7-,8+,10?;7-,8+;3*5-,6+;;;. The Morgan fingerprint density at radius 1 is 0.555 bits per heavy atom. The molecular formula is C83H141B7Br2ClN4O20S2. The van der Waals surface area contributed by atoms with Gasteiger partial charge in [-0.05, 0) is 336 Å². The number of ketones is 1. The lowest BCUT2D eigenvalue weighted by atomic mass is 8.76. The average molecular weight is 1850 g/mol. The molecule has 667 valence electrons. The number of hydrogen-bond acceptors (Lipinski definition) is 21. The van der Waals surface area contributed by atoms with Gasteiger partial charge in [0.2, 0.25) is 12.5 Å². The van der Waals surface area contributed by atoms with Gasteiger partial charge in [0.1, 0.15) is 5.78 Å². The molecule has 1 amide bonds. The van der Waals surface area contributed by atoms with Gasteiger partial charge in [0.25, 0.3) is 20.2 Å². The van der Waals surface area contributed by atoms with E-state index in [0.29, 0.717) is 74.2 Å². The molecular weight excluding hydrogens is 1710 g/mol. The van der Waals surface area contributed by atoms with Crippen LogP contribution < -0.4 is 16.8 Å². The molecule has 4 unspecified atom stereocenters. The van der Waals surface area contributed by atoms with E-state index in [1.807, 2.05) is 13.8 Å². The van der Waals surface area contributed by atoms with Crippen LogP contribution in [0, 0.1) is 138 Å². The summed E-state index contributed by atoms with van der Waals surface area (Å²) >= 11 is 6.97. The lowest BCUT2D eigenvalue weighted by Gasteiger charge is -2.35. The number of fused-ring (bicyclic) bond motifs is 6. The number of carboxylic acids is 1. The molecule has 1 aliphatic heterocycles. The highest BCUT2D eigenvalue weighted by Gasteiger charge is 2.55. The van der Waals surface area contributed by atoms with E-state index >= 15 is 0 Å². The van der Waals surface area contributed by atoms with Crippen LogP contribution in [0.15, 0.2) is 11.6 Å². The van der Waals surface area contributed by atoms with E-state index in [1.54, 1.807) is 13.0 Å². The van der Waals surface area contributed by atoms with Crippen molar-refractivity contribution in [2.45, 2.75) is 247 Å². The number of nitrogens with two attached hydrogens (primary N) is 2. The number of amides is 1. The van der Waals surface area contributed by atoms with Crippen LogP contribution in [-0.4, -0.2) is 219 Å². The molecule has 0 aromatic heterocycles. The lowest BCUT2D eigenvalue weighted by Crippen LogP contribution is -2.43. The number of rotatable bonds is 26. The highest BCUT2D eigenvalue weighted by atomic mass is 79.9. The number of esters is 3. The molecule has 0 aromatic rings. The summed E-state index contributed by atoms with van der Waals surface area (Å²) in [6.07, 6.45) is 40.1. The Hall–Kier alpha value is -2.48. The van der Waals surface area contributed by atoms with Gasteiger partial charge in [0.05, 0.1) is 64.8 Å². The Balaban J connectivity index is 0.000000238. The Morgan fingerprint density at radius 3 is 1.14 bits per heavy atom. The van der Waals surface area contributed by atoms with Gasteiger partial charge in [0, 0.05) is 117 Å². The summed E-state index contributed by atoms with van der Waals surface area (Å²) in [5.41, 5.74) is 12.9. The van der Waals surface area contributed by atoms with Gasteiger partial charge < -0.3 is 46.3 Å². The van der Waals surface area contributed by atoms with Gasteiger partial charge in [-0.15, -0.1) is 12.4 Å². The summed E-state index contributed by atoms with van der Waals surface area (Å²) in [6.45, 7) is 9.56. The normalized spacial score (nSPS) is 35.1. The second kappa shape index (κ2) is 50.9. The zero-order valence-electron chi connectivity index (χ0n) is 71.1. The Morgan fingerprint density at radius 2 is 0.891 bits per heavy atom. The predicted molar refractivity (Wildman–Crippen MR) is 481 cm³/mol. The number of aliphatic carboxylic acids is 1. The van der Waals surface area contributed by atoms with Crippen molar-refractivity contribution in [1.29, 1.82) is 0 Å². The third kappa shape index (κ3) is 33.6. The topological polar surface area (TPSA) is 385 Å². The van der Waals surface area contributed by atoms with E-state index < -0.39 is 38.0 Å². The molecule has 24 nitrogen and oxygen atoms in total. The summed E-state index contributed by atoms with van der Waals surface area (Å²) < 4.78 is 67.2. The smallest absolute Gasteiger partial charge is 0.330 e. The molecule has 1 spiro atoms. The summed E-state index contributed by atoms with van der Waals surface area (Å²) in [5, 5.41) is 42.1. The summed E-state index contributed by atoms with van der Waals surface area (Å²) in [4.78, 5) is 77.3. The van der Waals surface area contributed by atoms with E-state index in [-0.39, 0.29) is 123 Å². The van der Waals surface area contributed by atoms with Crippen LogP contribution in [-0.2, 0) is 71.6 Å². The van der Waals surface area contributed by atoms with Crippen LogP contribution >= 0.6 is 44.3 Å². The van der Waals surface area contributed by atoms with Crippen LogP contribution in [0.3, 0.4) is 0 Å². The number of carboxylic acid groups (broad SMARTS) is 1. The highest BCUT2D eigenvalue weighted by molar-refractivity contribution is 9.09. The summed E-state index contributed by atoms with van der Waals surface area (Å²) in [7, 11) is 14.8. The fourth-order valence-electron chi connectivity index (χ4n) is 21.3. The maximum Gasteiger partial charge on any atom is 0.330 e. The molecule has 15 saturated carbocycles. The van der Waals surface area contributed by atoms with Crippen molar-refractivity contribution in [2.24, 2.45) is 140 Å². The first-order chi connectivity index (χ1) is 55.4. The van der Waals surface area contributed by atoms with Crippen LogP contribution in [0.2, 0.25) is 0 Å². The van der Waals surface area contributed by atoms with E-state index in [2.05, 4.69) is 45.5 Å². The Labute approximate surface area is 742 Å². The van der Waals surface area contributed by atoms with Gasteiger partial charge in [-0.1, -0.05) is 44.9 Å². The fraction of sp³-hybridized carbons (Fsp3) is 0.904. The molecule has 9 radical (unpaired) electrons. The average Bonchev–Trinajstić information content (AvgIpc) is 1.62. The number of alkyl halides is 2. The van der Waals surface area contributed by atoms with E-state index in [4.69, 9.17) is 71.9 Å². The van der Waals surface area contributed by atoms with Crippen molar-refractivity contribution in [1.82, 2.24) is 5.32 Å². The molecule has 8 N–H and O–H groups in total. The Bertz CT molecular complexity index is 3300. The lowest BCUT2D eigenvalue weighted by molar-refractivity contribution is -0.497. The minimum atomic E-state index is -3.42. The molecule has 15 aliphatic carbocycles. The fourth-order valence-corrected chi connectivity index (χ4v) is 23.8. The van der Waals surface area contributed by atoms with Gasteiger partial charge >= 0.3 is 23.9 Å². The number of carbonyl (C=O) groups is 6. The first-order valence-corrected chi connectivity index (χ1v) is 49.8. The van der Waals surface area contributed by atoms with Crippen molar-refractivity contribution in [2.75, 3.05) is 95.6 Å². The number of Topliss-reactive ketones (excluding diaryl/α,β-unsaturated/α-hetero) is 1. The first-order valence-electron chi connectivity index (χ1n) is 44.0. The van der Waals surface area contributed by atoms with Crippen LogP contribution in [0.1, 0.15) is 247 Å². The molecule has 119 heavy (non-hydrogen) atoms. The number of aliphatic hydroxyl groups excluding tert-OH is 2. The summed E-state index contributed by atoms with van der Waals surface area (Å²) in [6, 6.07) is 0. The number of nitro groups is 1. The number of hydrogen-bond donors (Lipinski definition) is 6. The number of nitrogens with zero attached hydrogens (tertiary/aromatic N) is 1. The maximum atomic E-state index is 11.6. The minimum absolute atomic E-state index is 0. The van der Waals surface area contributed by atoms with Gasteiger partial charge in [-0.25, -0.2) is 4.79 Å². The van der Waals surface area contributed by atoms with E-state index in [0.717, 1.165) is 186 Å². The Kier molecular flexibility index (Phi) is 45.8. The highest BCUT2D eigenvalue weighted by Crippen LogP contribution is 2.60. The molecule has 16 fully saturated rings. The third-order valence-corrected chi connectivity index (χ3v) is 32.4. The zero-order valence-corrected chi connectivity index (χ0v) is 76.7. The van der Waals surface area contributed by atoms with Crippen molar-refractivity contribution < 1.29 is 88.4 Å². The molecule has 16 rings (SSSR count). The van der Waals surface area contributed by atoms with Crippen LogP contribution in [0.4, 0.5) is 0 Å². The molecule has 0 aromatic carbocycles. The molecule has 16 aliphatic rings. The van der Waals surface area contributed by atoms with E-state index in [1.165, 1.54) is 126 Å². The molecule has 36 heteroatoms. The second-order valence-electron chi connectivity index (χ2n) is 37.8. The van der Waals surface area contributed by atoms with Gasteiger partial charge in [-0.2, -0.15) is 16.8 Å². The number of halogens is 3. The molecule has 1 saturated heterocycles. The second-order valence-corrected chi connectivity index (χ2v) is 42.4. The number of allylic oxidation sites excluding steroid dienone is 1. The van der Waals surface area contributed by atoms with Crippen molar-refractivity contribution in [3.63, 3.8) is 0 Å². The van der Waals surface area contributed by atoms with Crippen molar-refractivity contribution in [3.8, 4) is 0 Å². The SMILES string of the molecule is BrC[C@@H]1CC[C@@H]1CBr.C.CCOC(=O)C=C1C[C@H]2CC[C@H]2C1.CCOC(=O)CC1(CN)C[C@H]2CC[C@H]2C1.CCOC(=O)CC1(C[N+](=O)[O-])C[C@H]2CC[C@H]2C1.CS(=O)(=O)OC[C@H]1CC[C@H]1COS(C)(=O)=O.Cl.NCC1(CC(=O)O)C[C@H]2CC[C@H]2C1.O=C1CC2(CN1)C[C@H]1CC[C@H]1C2.O=C1C[C@H]2CC[C@H]2C1.OC[C@@H]1CC[C@@H]1CO.[B][B]B([B])B([B])[B]. The van der Waals surface area contributed by atoms with Crippen LogP contribution in [0.25, 0.3) is 0 Å². The predicted octanol–water partition coefficient (Wildman–Crippen LogP) is 11.1. The molecule has 1 heterocycles. The number of nitrogens with one attached hydrogen (secondary N) is 1. The summed E-state index contributed by atoms with van der Waals surface area (Å²) in [5.74, 6) is 12.4. The van der Waals surface area contributed by atoms with Gasteiger partial charge in [-0.3, -0.25) is 42.5 Å². The molecule has 0 bridgehead atoms. The van der Waals surface area contributed by atoms with Crippen molar-refractivity contribution in [3.05, 3.63) is 21.8 Å². The van der Waals surface area contributed by atoms with Crippen LogP contribution in [0.5, 0.6) is 0 Å². The van der Waals surface area contributed by atoms with Crippen molar-refractivity contribution >= 4 is 151 Å². The number of aliphatic hydroxyl groups is 2. The van der Waals surface area contributed by atoms with E-state index in [9.17, 15) is 55.7 Å². The quantitative estimate of drug-likeness (QED) is 0.00685.